The largest absolute Gasteiger partial charge is 0.416 e. The molecule has 1 aromatic rings. The Morgan fingerprint density at radius 1 is 1.22 bits per heavy atom. The zero-order valence-electron chi connectivity index (χ0n) is 21.7. The topological polar surface area (TPSA) is 54.0 Å². The molecular weight excluding hydrogens is 471 g/mol. The van der Waals surface area contributed by atoms with Gasteiger partial charge in [0.15, 0.2) is 0 Å². The van der Waals surface area contributed by atoms with Gasteiger partial charge in [0.05, 0.1) is 24.2 Å². The van der Waals surface area contributed by atoms with E-state index in [1.54, 1.807) is 13.2 Å². The number of hydrogen-bond donors (Lipinski definition) is 1. The molecule has 1 saturated carbocycles. The van der Waals surface area contributed by atoms with Gasteiger partial charge in [-0.15, -0.1) is 0 Å². The number of nitrogens with one attached hydrogen (secondary N) is 1. The van der Waals surface area contributed by atoms with Crippen molar-refractivity contribution in [2.45, 2.75) is 57.8 Å². The molecule has 36 heavy (non-hydrogen) atoms. The minimum atomic E-state index is -4.36. The van der Waals surface area contributed by atoms with Gasteiger partial charge in [0, 0.05) is 63.6 Å². The van der Waals surface area contributed by atoms with Gasteiger partial charge in [-0.25, -0.2) is 0 Å². The van der Waals surface area contributed by atoms with Gasteiger partial charge in [0.1, 0.15) is 0 Å². The van der Waals surface area contributed by atoms with E-state index in [0.717, 1.165) is 38.4 Å². The molecule has 3 aliphatic rings. The van der Waals surface area contributed by atoms with E-state index in [2.05, 4.69) is 19.2 Å². The van der Waals surface area contributed by atoms with Crippen molar-refractivity contribution in [2.75, 3.05) is 58.0 Å². The SMILES string of the molecule is COCC1COCCC1NC1CC[C@@](C(=O)N2CCN(c3cccc(C(F)(F)F)c3)CC2)(C(C)C)C1. The Morgan fingerprint density at radius 2 is 1.97 bits per heavy atom. The van der Waals surface area contributed by atoms with Crippen LogP contribution in [-0.4, -0.2) is 76.0 Å². The molecule has 1 aromatic carbocycles. The average molecular weight is 512 g/mol. The molecule has 0 bridgehead atoms. The molecule has 1 aliphatic carbocycles. The van der Waals surface area contributed by atoms with Crippen molar-refractivity contribution in [1.29, 1.82) is 0 Å². The van der Waals surface area contributed by atoms with Crippen LogP contribution in [0.25, 0.3) is 0 Å². The maximum Gasteiger partial charge on any atom is 0.416 e. The number of hydrogen-bond acceptors (Lipinski definition) is 5. The van der Waals surface area contributed by atoms with E-state index >= 15 is 0 Å². The Hall–Kier alpha value is -1.84. The van der Waals surface area contributed by atoms with Gasteiger partial charge in [0.2, 0.25) is 5.91 Å². The predicted octanol–water partition coefficient (Wildman–Crippen LogP) is 4.19. The lowest BCUT2D eigenvalue weighted by Crippen LogP contribution is -2.54. The first kappa shape index (κ1) is 27.2. The van der Waals surface area contributed by atoms with Gasteiger partial charge in [-0.1, -0.05) is 19.9 Å². The Morgan fingerprint density at radius 3 is 2.64 bits per heavy atom. The summed E-state index contributed by atoms with van der Waals surface area (Å²) in [5.41, 5.74) is -0.487. The summed E-state index contributed by atoms with van der Waals surface area (Å²) in [4.78, 5) is 17.8. The number of rotatable bonds is 7. The molecule has 202 valence electrons. The zero-order chi connectivity index (χ0) is 25.9. The molecule has 2 heterocycles. The van der Waals surface area contributed by atoms with Crippen molar-refractivity contribution in [3.8, 4) is 0 Å². The highest BCUT2D eigenvalue weighted by Gasteiger charge is 2.50. The van der Waals surface area contributed by atoms with Crippen molar-refractivity contribution in [2.24, 2.45) is 17.3 Å². The average Bonchev–Trinajstić information content (AvgIpc) is 3.30. The maximum atomic E-state index is 13.9. The Labute approximate surface area is 212 Å². The highest BCUT2D eigenvalue weighted by Crippen LogP contribution is 2.46. The second-order valence-corrected chi connectivity index (χ2v) is 10.9. The quantitative estimate of drug-likeness (QED) is 0.595. The van der Waals surface area contributed by atoms with Crippen LogP contribution in [0.4, 0.5) is 18.9 Å². The van der Waals surface area contributed by atoms with Crippen LogP contribution in [0, 0.1) is 17.3 Å². The third kappa shape index (κ3) is 5.83. The molecule has 1 amide bonds. The first-order valence-electron chi connectivity index (χ1n) is 13.2. The standard InChI is InChI=1S/C27H40F3N3O3/c1-19(2)26(9-7-22(16-26)31-24-8-14-36-18-20(24)17-35-3)25(34)33-12-10-32(11-13-33)23-6-4-5-21(15-23)27(28,29)30/h4-6,15,19-20,22,24,31H,7-14,16-18H2,1-3H3/t20?,22?,24?,26-/m0/s1. The van der Waals surface area contributed by atoms with Gasteiger partial charge in [-0.05, 0) is 49.8 Å². The molecule has 3 unspecified atom stereocenters. The fraction of sp³-hybridized carbons (Fsp3) is 0.741. The third-order valence-corrected chi connectivity index (χ3v) is 8.49. The smallest absolute Gasteiger partial charge is 0.384 e. The number of nitrogens with zero attached hydrogens (tertiary/aromatic N) is 2. The van der Waals surface area contributed by atoms with Crippen molar-refractivity contribution in [3.63, 3.8) is 0 Å². The van der Waals surface area contributed by atoms with Crippen molar-refractivity contribution in [1.82, 2.24) is 10.2 Å². The summed E-state index contributed by atoms with van der Waals surface area (Å²) in [5, 5.41) is 3.84. The zero-order valence-corrected chi connectivity index (χ0v) is 21.7. The third-order valence-electron chi connectivity index (χ3n) is 8.49. The van der Waals surface area contributed by atoms with E-state index in [1.165, 1.54) is 12.1 Å². The number of carbonyl (C=O) groups is 1. The molecule has 1 N–H and O–H groups in total. The number of halogens is 3. The lowest BCUT2D eigenvalue weighted by molar-refractivity contribution is -0.145. The van der Waals surface area contributed by atoms with Crippen LogP contribution >= 0.6 is 0 Å². The van der Waals surface area contributed by atoms with Gasteiger partial charge in [-0.2, -0.15) is 13.2 Å². The minimum absolute atomic E-state index is 0.200. The number of methoxy groups -OCH3 is 1. The Kier molecular flexibility index (Phi) is 8.52. The summed E-state index contributed by atoms with van der Waals surface area (Å²) in [5.74, 6) is 0.728. The summed E-state index contributed by atoms with van der Waals surface area (Å²) in [6.07, 6.45) is -0.782. The molecule has 0 spiro atoms. The summed E-state index contributed by atoms with van der Waals surface area (Å²) < 4.78 is 50.5. The van der Waals surface area contributed by atoms with E-state index < -0.39 is 17.2 Å². The maximum absolute atomic E-state index is 13.9. The molecule has 0 radical (unpaired) electrons. The number of ether oxygens (including phenoxy) is 2. The van der Waals surface area contributed by atoms with Gasteiger partial charge < -0.3 is 24.6 Å². The second kappa shape index (κ2) is 11.3. The number of piperazine rings is 1. The van der Waals surface area contributed by atoms with Crippen LogP contribution in [0.1, 0.15) is 45.1 Å². The second-order valence-electron chi connectivity index (χ2n) is 10.9. The van der Waals surface area contributed by atoms with Crippen LogP contribution < -0.4 is 10.2 Å². The molecule has 9 heteroatoms. The number of anilines is 1. The molecule has 2 saturated heterocycles. The van der Waals surface area contributed by atoms with E-state index in [4.69, 9.17) is 9.47 Å². The molecule has 0 aromatic heterocycles. The predicted molar refractivity (Wildman–Crippen MR) is 133 cm³/mol. The summed E-state index contributed by atoms with van der Waals surface area (Å²) in [6, 6.07) is 6.07. The lowest BCUT2D eigenvalue weighted by Gasteiger charge is -2.42. The lowest BCUT2D eigenvalue weighted by atomic mass is 9.74. The molecule has 3 fully saturated rings. The summed E-state index contributed by atoms with van der Waals surface area (Å²) in [6.45, 7) is 8.50. The first-order chi connectivity index (χ1) is 17.1. The summed E-state index contributed by atoms with van der Waals surface area (Å²) >= 11 is 0. The number of amides is 1. The fourth-order valence-corrected chi connectivity index (χ4v) is 6.24. The van der Waals surface area contributed by atoms with Gasteiger partial charge in [0.25, 0.3) is 0 Å². The molecular formula is C27H40F3N3O3. The minimum Gasteiger partial charge on any atom is -0.384 e. The molecule has 2 aliphatic heterocycles. The van der Waals surface area contributed by atoms with Crippen molar-refractivity contribution >= 4 is 11.6 Å². The van der Waals surface area contributed by atoms with Crippen molar-refractivity contribution in [3.05, 3.63) is 29.8 Å². The number of benzene rings is 1. The normalized spacial score (nSPS) is 29.7. The molecule has 6 nitrogen and oxygen atoms in total. The molecule has 4 atom stereocenters. The van der Waals surface area contributed by atoms with Crippen LogP contribution in [-0.2, 0) is 20.4 Å². The van der Waals surface area contributed by atoms with E-state index in [-0.39, 0.29) is 17.9 Å². The van der Waals surface area contributed by atoms with Gasteiger partial charge >= 0.3 is 6.18 Å². The number of carbonyl (C=O) groups excluding carboxylic acids is 1. The fourth-order valence-electron chi connectivity index (χ4n) is 6.24. The monoisotopic (exact) mass is 511 g/mol. The Balaban J connectivity index is 1.38. The van der Waals surface area contributed by atoms with Crippen molar-refractivity contribution < 1.29 is 27.4 Å². The van der Waals surface area contributed by atoms with Crippen LogP contribution in [0.3, 0.4) is 0 Å². The highest BCUT2D eigenvalue weighted by atomic mass is 19.4. The van der Waals surface area contributed by atoms with Gasteiger partial charge in [-0.3, -0.25) is 4.79 Å². The Bertz CT molecular complexity index is 887. The highest BCUT2D eigenvalue weighted by molar-refractivity contribution is 5.84. The van der Waals surface area contributed by atoms with Crippen LogP contribution in [0.5, 0.6) is 0 Å². The number of alkyl halides is 3. The van der Waals surface area contributed by atoms with Crippen LogP contribution in [0.2, 0.25) is 0 Å². The molecule has 4 rings (SSSR count). The van der Waals surface area contributed by atoms with E-state index in [0.29, 0.717) is 57.0 Å². The van der Waals surface area contributed by atoms with E-state index in [9.17, 15) is 18.0 Å². The first-order valence-corrected chi connectivity index (χ1v) is 13.2. The summed E-state index contributed by atoms with van der Waals surface area (Å²) in [7, 11) is 1.72. The van der Waals surface area contributed by atoms with Crippen LogP contribution in [0.15, 0.2) is 24.3 Å². The van der Waals surface area contributed by atoms with E-state index in [1.807, 2.05) is 9.80 Å².